The van der Waals surface area contributed by atoms with Gasteiger partial charge in [0.15, 0.2) is 5.96 Å². The van der Waals surface area contributed by atoms with Crippen molar-refractivity contribution in [1.29, 1.82) is 0 Å². The molecule has 0 bridgehead atoms. The lowest BCUT2D eigenvalue weighted by Gasteiger charge is -2.31. The van der Waals surface area contributed by atoms with Crippen molar-refractivity contribution >= 4 is 11.9 Å². The zero-order valence-electron chi connectivity index (χ0n) is 15.6. The first-order valence-electron chi connectivity index (χ1n) is 9.76. The lowest BCUT2D eigenvalue weighted by molar-refractivity contribution is -0.123. The third-order valence-corrected chi connectivity index (χ3v) is 5.41. The van der Waals surface area contributed by atoms with Crippen molar-refractivity contribution in [1.82, 2.24) is 9.80 Å². The molecule has 4 N–H and O–H groups in total. The van der Waals surface area contributed by atoms with E-state index < -0.39 is 0 Å². The molecule has 26 heavy (non-hydrogen) atoms. The molecular formula is C20H31N5O. The Morgan fingerprint density at radius 3 is 2.62 bits per heavy atom. The maximum absolute atomic E-state index is 11.5. The minimum absolute atomic E-state index is 0.0131. The number of nitrogens with zero attached hydrogens (tertiary/aromatic N) is 3. The predicted molar refractivity (Wildman–Crippen MR) is 104 cm³/mol. The highest BCUT2D eigenvalue weighted by molar-refractivity contribution is 5.78. The summed E-state index contributed by atoms with van der Waals surface area (Å²) in [6.45, 7) is 5.29. The Hall–Kier alpha value is -2.08. The van der Waals surface area contributed by atoms with Crippen molar-refractivity contribution in [2.24, 2.45) is 22.4 Å². The number of guanidine groups is 1. The molecule has 1 amide bonds. The van der Waals surface area contributed by atoms with Crippen LogP contribution in [0.4, 0.5) is 0 Å². The van der Waals surface area contributed by atoms with E-state index in [2.05, 4.69) is 39.1 Å². The molecule has 1 unspecified atom stereocenters. The minimum Gasteiger partial charge on any atom is -0.370 e. The molecular weight excluding hydrogens is 326 g/mol. The Balaban J connectivity index is 1.56. The van der Waals surface area contributed by atoms with Crippen molar-refractivity contribution in [3.8, 4) is 0 Å². The number of benzene rings is 1. The number of aliphatic imine (C=N–C) groups is 1. The van der Waals surface area contributed by atoms with Gasteiger partial charge in [0, 0.05) is 26.2 Å². The third kappa shape index (κ3) is 5.21. The Morgan fingerprint density at radius 2 is 1.85 bits per heavy atom. The van der Waals surface area contributed by atoms with Crippen LogP contribution in [0.25, 0.3) is 0 Å². The third-order valence-electron chi connectivity index (χ3n) is 5.41. The highest BCUT2D eigenvalue weighted by Gasteiger charge is 2.23. The Morgan fingerprint density at radius 1 is 1.08 bits per heavy atom. The first-order valence-corrected chi connectivity index (χ1v) is 9.76. The van der Waals surface area contributed by atoms with Crippen LogP contribution in [0.15, 0.2) is 29.3 Å². The van der Waals surface area contributed by atoms with Gasteiger partial charge in [0.2, 0.25) is 5.91 Å². The predicted octanol–water partition coefficient (Wildman–Crippen LogP) is 1.68. The number of carbonyl (C=O) groups is 1. The molecule has 0 aliphatic carbocycles. The van der Waals surface area contributed by atoms with E-state index in [1.165, 1.54) is 30.4 Å². The lowest BCUT2D eigenvalue weighted by Crippen LogP contribution is -2.40. The van der Waals surface area contributed by atoms with Gasteiger partial charge in [-0.05, 0) is 49.8 Å². The van der Waals surface area contributed by atoms with Gasteiger partial charge < -0.3 is 16.4 Å². The summed E-state index contributed by atoms with van der Waals surface area (Å²) in [5, 5.41) is 0. The van der Waals surface area contributed by atoms with Crippen LogP contribution in [-0.4, -0.2) is 47.8 Å². The van der Waals surface area contributed by atoms with E-state index in [0.717, 1.165) is 45.6 Å². The minimum atomic E-state index is -0.175. The van der Waals surface area contributed by atoms with E-state index in [9.17, 15) is 4.79 Å². The van der Waals surface area contributed by atoms with Gasteiger partial charge in [0.05, 0.1) is 12.5 Å². The van der Waals surface area contributed by atoms with E-state index >= 15 is 0 Å². The Labute approximate surface area is 156 Å². The van der Waals surface area contributed by atoms with Crippen molar-refractivity contribution < 1.29 is 4.79 Å². The van der Waals surface area contributed by atoms with Gasteiger partial charge in [-0.1, -0.05) is 24.3 Å². The molecule has 142 valence electrons. The van der Waals surface area contributed by atoms with Crippen molar-refractivity contribution in [2.75, 3.05) is 26.2 Å². The first-order chi connectivity index (χ1) is 12.6. The Bertz CT molecular complexity index is 639. The molecule has 0 aromatic heterocycles. The molecule has 2 fully saturated rings. The SMILES string of the molecule is NC(=O)C1CCCN(Cc2cccc(CN=C(N)N3CCCCC3)c2)C1. The van der Waals surface area contributed by atoms with Gasteiger partial charge >= 0.3 is 0 Å². The number of likely N-dealkylation sites (tertiary alicyclic amines) is 2. The van der Waals surface area contributed by atoms with Gasteiger partial charge in [-0.25, -0.2) is 4.99 Å². The number of hydrogen-bond acceptors (Lipinski definition) is 3. The second-order valence-corrected chi connectivity index (χ2v) is 7.52. The van der Waals surface area contributed by atoms with Crippen molar-refractivity contribution in [2.45, 2.75) is 45.2 Å². The van der Waals surface area contributed by atoms with E-state index in [1.807, 2.05) is 0 Å². The summed E-state index contributed by atoms with van der Waals surface area (Å²) in [7, 11) is 0. The highest BCUT2D eigenvalue weighted by atomic mass is 16.1. The first kappa shape index (κ1) is 18.7. The molecule has 6 heteroatoms. The standard InChI is InChI=1S/C20H31N5O/c21-19(26)18-8-5-9-24(15-18)14-17-7-4-6-16(12-17)13-23-20(22)25-10-2-1-3-11-25/h4,6-7,12,18H,1-3,5,8-11,13-15H2,(H2,21,26)(H2,22,23). The van der Waals surface area contributed by atoms with Gasteiger partial charge in [-0.15, -0.1) is 0 Å². The normalized spacial score (nSPS) is 22.4. The van der Waals surface area contributed by atoms with Gasteiger partial charge in [0.25, 0.3) is 0 Å². The smallest absolute Gasteiger partial charge is 0.221 e. The topological polar surface area (TPSA) is 88.0 Å². The van der Waals surface area contributed by atoms with Crippen molar-refractivity contribution in [3.63, 3.8) is 0 Å². The van der Waals surface area contributed by atoms with Crippen LogP contribution in [0.5, 0.6) is 0 Å². The van der Waals surface area contributed by atoms with E-state index in [0.29, 0.717) is 12.5 Å². The molecule has 1 atom stereocenters. The fourth-order valence-electron chi connectivity index (χ4n) is 3.91. The molecule has 0 saturated carbocycles. The van der Waals surface area contributed by atoms with Crippen LogP contribution in [0.3, 0.4) is 0 Å². The molecule has 2 saturated heterocycles. The second kappa shape index (κ2) is 9.03. The largest absolute Gasteiger partial charge is 0.370 e. The molecule has 3 rings (SSSR count). The molecule has 6 nitrogen and oxygen atoms in total. The van der Waals surface area contributed by atoms with Crippen LogP contribution < -0.4 is 11.5 Å². The fourth-order valence-corrected chi connectivity index (χ4v) is 3.91. The van der Waals surface area contributed by atoms with Crippen LogP contribution in [-0.2, 0) is 17.9 Å². The highest BCUT2D eigenvalue weighted by Crippen LogP contribution is 2.19. The molecule has 2 heterocycles. The monoisotopic (exact) mass is 357 g/mol. The number of amides is 1. The van der Waals surface area contributed by atoms with Crippen LogP contribution in [0.1, 0.15) is 43.2 Å². The van der Waals surface area contributed by atoms with Crippen LogP contribution in [0, 0.1) is 5.92 Å². The summed E-state index contributed by atoms with van der Waals surface area (Å²) in [6.07, 6.45) is 5.64. The van der Waals surface area contributed by atoms with E-state index in [-0.39, 0.29) is 11.8 Å². The zero-order chi connectivity index (χ0) is 18.4. The molecule has 1 aromatic rings. The average molecular weight is 358 g/mol. The summed E-state index contributed by atoms with van der Waals surface area (Å²) in [5.74, 6) is 0.474. The molecule has 1 aromatic carbocycles. The lowest BCUT2D eigenvalue weighted by atomic mass is 9.97. The molecule has 0 radical (unpaired) electrons. The van der Waals surface area contributed by atoms with E-state index in [4.69, 9.17) is 11.5 Å². The number of rotatable bonds is 5. The number of primary amides is 1. The second-order valence-electron chi connectivity index (χ2n) is 7.52. The van der Waals surface area contributed by atoms with Crippen LogP contribution in [0.2, 0.25) is 0 Å². The summed E-state index contributed by atoms with van der Waals surface area (Å²) in [4.78, 5) is 20.5. The van der Waals surface area contributed by atoms with E-state index in [1.54, 1.807) is 0 Å². The Kier molecular flexibility index (Phi) is 6.50. The van der Waals surface area contributed by atoms with Gasteiger partial charge in [0.1, 0.15) is 0 Å². The number of carbonyl (C=O) groups excluding carboxylic acids is 1. The number of piperidine rings is 2. The summed E-state index contributed by atoms with van der Waals surface area (Å²) in [5.41, 5.74) is 14.1. The van der Waals surface area contributed by atoms with Gasteiger partial charge in [-0.2, -0.15) is 0 Å². The average Bonchev–Trinajstić information content (AvgIpc) is 2.67. The maximum Gasteiger partial charge on any atom is 0.221 e. The fraction of sp³-hybridized carbons (Fsp3) is 0.600. The summed E-state index contributed by atoms with van der Waals surface area (Å²) >= 11 is 0. The number of nitrogens with two attached hydrogens (primary N) is 2. The van der Waals surface area contributed by atoms with Crippen LogP contribution >= 0.6 is 0 Å². The number of hydrogen-bond donors (Lipinski definition) is 2. The summed E-state index contributed by atoms with van der Waals surface area (Å²) < 4.78 is 0. The molecule has 0 spiro atoms. The molecule has 2 aliphatic rings. The van der Waals surface area contributed by atoms with Gasteiger partial charge in [-0.3, -0.25) is 9.69 Å². The van der Waals surface area contributed by atoms with Crippen molar-refractivity contribution in [3.05, 3.63) is 35.4 Å². The quantitative estimate of drug-likeness (QED) is 0.620. The zero-order valence-corrected chi connectivity index (χ0v) is 15.6. The molecule has 2 aliphatic heterocycles. The summed E-state index contributed by atoms with van der Waals surface area (Å²) in [6, 6.07) is 8.50. The maximum atomic E-state index is 11.5.